The Balaban J connectivity index is 1.83. The summed E-state index contributed by atoms with van der Waals surface area (Å²) in [6, 6.07) is 8.47. The summed E-state index contributed by atoms with van der Waals surface area (Å²) < 4.78 is 15.9. The number of benzene rings is 1. The quantitative estimate of drug-likeness (QED) is 0.740. The topological polar surface area (TPSA) is 57.2 Å². The molecule has 0 unspecified atom stereocenters. The van der Waals surface area contributed by atoms with Crippen molar-refractivity contribution >= 4 is 5.78 Å². The first-order valence-corrected chi connectivity index (χ1v) is 7.65. The Morgan fingerprint density at radius 3 is 2.79 bits per heavy atom. The maximum absolute atomic E-state index is 13.9. The Morgan fingerprint density at radius 1 is 1.25 bits per heavy atom. The van der Waals surface area contributed by atoms with Gasteiger partial charge in [0.15, 0.2) is 0 Å². The normalized spacial score (nSPS) is 11.2. The van der Waals surface area contributed by atoms with Gasteiger partial charge >= 0.3 is 0 Å². The van der Waals surface area contributed by atoms with Crippen LogP contribution in [0.25, 0.3) is 5.78 Å². The predicted octanol–water partition coefficient (Wildman–Crippen LogP) is 2.99. The van der Waals surface area contributed by atoms with Crippen LogP contribution in [0.1, 0.15) is 28.2 Å². The van der Waals surface area contributed by atoms with Crippen LogP contribution < -0.4 is 0 Å². The number of hydrogen-bond acceptors (Lipinski definition) is 4. The van der Waals surface area contributed by atoms with Gasteiger partial charge in [-0.2, -0.15) is 5.26 Å². The summed E-state index contributed by atoms with van der Waals surface area (Å²) >= 11 is 0. The largest absolute Gasteiger partial charge is 0.296 e. The Bertz CT molecular complexity index is 938. The summed E-state index contributed by atoms with van der Waals surface area (Å²) in [6.07, 6.45) is 1.80. The average Bonchev–Trinajstić information content (AvgIpc) is 2.92. The van der Waals surface area contributed by atoms with E-state index in [-0.39, 0.29) is 5.82 Å². The van der Waals surface area contributed by atoms with Gasteiger partial charge in [-0.15, -0.1) is 0 Å². The molecular formula is C18H18FN5. The second-order valence-corrected chi connectivity index (χ2v) is 6.01. The highest BCUT2D eigenvalue weighted by molar-refractivity contribution is 5.36. The minimum absolute atomic E-state index is 0.299. The first-order valence-electron chi connectivity index (χ1n) is 7.65. The van der Waals surface area contributed by atoms with Crippen LogP contribution in [-0.2, 0) is 13.1 Å². The minimum Gasteiger partial charge on any atom is -0.296 e. The molecule has 6 heteroatoms. The Hall–Kier alpha value is -2.78. The molecule has 0 aliphatic heterocycles. The molecule has 0 amide bonds. The summed E-state index contributed by atoms with van der Waals surface area (Å²) in [4.78, 5) is 10.8. The third-order valence-corrected chi connectivity index (χ3v) is 3.91. The molecule has 1 aromatic carbocycles. The first kappa shape index (κ1) is 16.1. The van der Waals surface area contributed by atoms with Gasteiger partial charge in [0, 0.05) is 30.0 Å². The number of rotatable bonds is 4. The van der Waals surface area contributed by atoms with Gasteiger partial charge in [-0.05, 0) is 45.2 Å². The molecule has 0 aliphatic carbocycles. The van der Waals surface area contributed by atoms with Crippen LogP contribution in [-0.4, -0.2) is 26.3 Å². The van der Waals surface area contributed by atoms with E-state index in [9.17, 15) is 4.39 Å². The lowest BCUT2D eigenvalue weighted by atomic mass is 10.1. The number of fused-ring (bicyclic) bond motifs is 1. The van der Waals surface area contributed by atoms with Gasteiger partial charge < -0.3 is 0 Å². The van der Waals surface area contributed by atoms with Gasteiger partial charge in [-0.3, -0.25) is 9.30 Å². The molecule has 2 aromatic heterocycles. The van der Waals surface area contributed by atoms with Crippen molar-refractivity contribution < 1.29 is 4.39 Å². The van der Waals surface area contributed by atoms with Crippen LogP contribution in [0, 0.1) is 31.0 Å². The van der Waals surface area contributed by atoms with E-state index >= 15 is 0 Å². The van der Waals surface area contributed by atoms with E-state index in [0.29, 0.717) is 30.0 Å². The van der Waals surface area contributed by atoms with E-state index in [1.807, 2.05) is 42.3 Å². The number of hydrogen-bond donors (Lipinski definition) is 0. The summed E-state index contributed by atoms with van der Waals surface area (Å²) in [5, 5.41) is 8.96. The van der Waals surface area contributed by atoms with Crippen molar-refractivity contribution in [3.05, 3.63) is 64.5 Å². The third kappa shape index (κ3) is 3.12. The molecule has 24 heavy (non-hydrogen) atoms. The maximum Gasteiger partial charge on any atom is 0.234 e. The van der Waals surface area contributed by atoms with E-state index in [4.69, 9.17) is 5.26 Å². The van der Waals surface area contributed by atoms with E-state index in [0.717, 1.165) is 17.1 Å². The van der Waals surface area contributed by atoms with Crippen molar-refractivity contribution in [2.75, 3.05) is 7.05 Å². The number of nitriles is 1. The van der Waals surface area contributed by atoms with Gasteiger partial charge in [0.25, 0.3) is 0 Å². The molecule has 0 aliphatic rings. The Morgan fingerprint density at radius 2 is 2.04 bits per heavy atom. The zero-order chi connectivity index (χ0) is 17.3. The van der Waals surface area contributed by atoms with Crippen LogP contribution >= 0.6 is 0 Å². The Kier molecular flexibility index (Phi) is 4.28. The number of aryl methyl sites for hydroxylation is 2. The van der Waals surface area contributed by atoms with E-state index in [1.165, 1.54) is 12.1 Å². The highest BCUT2D eigenvalue weighted by Gasteiger charge is 2.12. The minimum atomic E-state index is -0.299. The fourth-order valence-corrected chi connectivity index (χ4v) is 2.90. The van der Waals surface area contributed by atoms with Crippen molar-refractivity contribution in [2.24, 2.45) is 0 Å². The standard InChI is InChI=1S/C18H18FN5/c1-12-6-13(2)24-16(9-21-18(24)22-12)11-23(3)10-15-7-14(8-20)4-5-17(15)19/h4-7,9H,10-11H2,1-3H3. The molecule has 0 N–H and O–H groups in total. The summed E-state index contributed by atoms with van der Waals surface area (Å²) in [5.74, 6) is 0.376. The van der Waals surface area contributed by atoms with Gasteiger partial charge in [0.05, 0.1) is 23.5 Å². The maximum atomic E-state index is 13.9. The second kappa shape index (κ2) is 6.38. The molecule has 122 valence electrons. The number of imidazole rings is 1. The molecule has 3 rings (SSSR count). The first-order chi connectivity index (χ1) is 11.5. The fourth-order valence-electron chi connectivity index (χ4n) is 2.90. The van der Waals surface area contributed by atoms with E-state index < -0.39 is 0 Å². The lowest BCUT2D eigenvalue weighted by molar-refractivity contribution is 0.308. The van der Waals surface area contributed by atoms with Crippen LogP contribution in [0.4, 0.5) is 4.39 Å². The summed E-state index contributed by atoms with van der Waals surface area (Å²) in [7, 11) is 1.91. The monoisotopic (exact) mass is 323 g/mol. The molecule has 5 nitrogen and oxygen atoms in total. The number of halogens is 1. The molecule has 0 fully saturated rings. The molecule has 0 radical (unpaired) electrons. The van der Waals surface area contributed by atoms with Crippen molar-refractivity contribution in [1.29, 1.82) is 5.26 Å². The average molecular weight is 323 g/mol. The molecule has 0 spiro atoms. The highest BCUT2D eigenvalue weighted by atomic mass is 19.1. The molecular weight excluding hydrogens is 305 g/mol. The van der Waals surface area contributed by atoms with Crippen LogP contribution in [0.2, 0.25) is 0 Å². The van der Waals surface area contributed by atoms with Gasteiger partial charge in [0.1, 0.15) is 5.82 Å². The SMILES string of the molecule is Cc1cc(C)n2c(CN(C)Cc3cc(C#N)ccc3F)cnc2n1. The number of nitrogens with zero attached hydrogens (tertiary/aromatic N) is 5. The molecule has 3 aromatic rings. The highest BCUT2D eigenvalue weighted by Crippen LogP contribution is 2.16. The summed E-state index contributed by atoms with van der Waals surface area (Å²) in [6.45, 7) is 4.97. The Labute approximate surface area is 140 Å². The van der Waals surface area contributed by atoms with Crippen LogP contribution in [0.3, 0.4) is 0 Å². The van der Waals surface area contributed by atoms with Crippen molar-refractivity contribution in [1.82, 2.24) is 19.3 Å². The lowest BCUT2D eigenvalue weighted by Gasteiger charge is -2.17. The van der Waals surface area contributed by atoms with Gasteiger partial charge in [0.2, 0.25) is 5.78 Å². The molecule has 0 bridgehead atoms. The zero-order valence-corrected chi connectivity index (χ0v) is 13.9. The van der Waals surface area contributed by atoms with E-state index in [1.54, 1.807) is 12.3 Å². The summed E-state index contributed by atoms with van der Waals surface area (Å²) in [5.41, 5.74) is 3.97. The zero-order valence-electron chi connectivity index (χ0n) is 13.9. The molecule has 0 atom stereocenters. The molecule has 0 saturated heterocycles. The third-order valence-electron chi connectivity index (χ3n) is 3.91. The number of aromatic nitrogens is 3. The van der Waals surface area contributed by atoms with Crippen molar-refractivity contribution in [3.63, 3.8) is 0 Å². The van der Waals surface area contributed by atoms with Crippen LogP contribution in [0.15, 0.2) is 30.5 Å². The van der Waals surface area contributed by atoms with Crippen molar-refractivity contribution in [3.8, 4) is 6.07 Å². The lowest BCUT2D eigenvalue weighted by Crippen LogP contribution is -2.19. The van der Waals surface area contributed by atoms with Crippen molar-refractivity contribution in [2.45, 2.75) is 26.9 Å². The van der Waals surface area contributed by atoms with E-state index in [2.05, 4.69) is 9.97 Å². The second-order valence-electron chi connectivity index (χ2n) is 6.01. The molecule has 0 saturated carbocycles. The van der Waals surface area contributed by atoms with Gasteiger partial charge in [-0.25, -0.2) is 14.4 Å². The van der Waals surface area contributed by atoms with Crippen LogP contribution in [0.5, 0.6) is 0 Å². The smallest absolute Gasteiger partial charge is 0.234 e. The van der Waals surface area contributed by atoms with Gasteiger partial charge in [-0.1, -0.05) is 0 Å². The fraction of sp³-hybridized carbons (Fsp3) is 0.278. The predicted molar refractivity (Wildman–Crippen MR) is 88.7 cm³/mol. The molecule has 2 heterocycles.